The van der Waals surface area contributed by atoms with Crippen LogP contribution in [-0.4, -0.2) is 41.2 Å². The normalized spacial score (nSPS) is 25.6. The molecule has 0 bridgehead atoms. The molecule has 1 aromatic heterocycles. The Hall–Kier alpha value is -0.720. The van der Waals surface area contributed by atoms with Crippen LogP contribution < -0.4 is 10.6 Å². The van der Waals surface area contributed by atoms with Gasteiger partial charge in [-0.25, -0.2) is 4.98 Å². The second kappa shape index (κ2) is 5.29. The van der Waals surface area contributed by atoms with Gasteiger partial charge in [-0.3, -0.25) is 0 Å². The van der Waals surface area contributed by atoms with Crippen molar-refractivity contribution >= 4 is 16.7 Å². The van der Waals surface area contributed by atoms with E-state index < -0.39 is 0 Å². The molecule has 6 heteroatoms. The number of aromatic nitrogens is 2. The lowest BCUT2D eigenvalue weighted by Crippen LogP contribution is -2.49. The third kappa shape index (κ3) is 2.94. The van der Waals surface area contributed by atoms with Crippen molar-refractivity contribution in [2.45, 2.75) is 38.9 Å². The van der Waals surface area contributed by atoms with Crippen LogP contribution in [0.2, 0.25) is 0 Å². The Bertz CT molecular complexity index is 368. The number of nitrogens with two attached hydrogens (primary N) is 1. The Morgan fingerprint density at radius 3 is 2.88 bits per heavy atom. The molecule has 0 saturated carbocycles. The van der Waals surface area contributed by atoms with Crippen molar-refractivity contribution in [1.29, 1.82) is 0 Å². The van der Waals surface area contributed by atoms with E-state index in [1.807, 2.05) is 0 Å². The average Bonchev–Trinajstić information content (AvgIpc) is 2.77. The summed E-state index contributed by atoms with van der Waals surface area (Å²) in [5.74, 6) is 1.30. The maximum atomic E-state index is 5.73. The van der Waals surface area contributed by atoms with Gasteiger partial charge in [0.25, 0.3) is 0 Å². The monoisotopic (exact) mass is 256 g/mol. The minimum atomic E-state index is 0.102. The quantitative estimate of drug-likeness (QED) is 0.880. The third-order valence-electron chi connectivity index (χ3n) is 2.81. The molecule has 1 saturated heterocycles. The molecule has 2 rings (SSSR count). The van der Waals surface area contributed by atoms with E-state index in [1.54, 1.807) is 0 Å². The van der Waals surface area contributed by atoms with Crippen molar-refractivity contribution in [2.24, 2.45) is 5.73 Å². The maximum absolute atomic E-state index is 5.73. The molecule has 0 radical (unpaired) electrons. The predicted octanol–water partition coefficient (Wildman–Crippen LogP) is 1.21. The molecule has 0 aliphatic carbocycles. The Morgan fingerprint density at radius 2 is 2.29 bits per heavy atom. The number of hydrogen-bond donors (Lipinski definition) is 1. The Balaban J connectivity index is 2.09. The van der Waals surface area contributed by atoms with Crippen LogP contribution in [-0.2, 0) is 4.74 Å². The van der Waals surface area contributed by atoms with E-state index in [1.165, 1.54) is 11.5 Å². The van der Waals surface area contributed by atoms with Crippen LogP contribution in [0, 0.1) is 0 Å². The largest absolute Gasteiger partial charge is 0.370 e. The minimum absolute atomic E-state index is 0.102. The number of ether oxygens (including phenoxy) is 1. The topological polar surface area (TPSA) is 64.3 Å². The van der Waals surface area contributed by atoms with Gasteiger partial charge >= 0.3 is 0 Å². The number of morpholine rings is 1. The SMILES string of the molecule is CC1CN(c2nc(C(C)C)ns2)CC(CN)O1. The molecule has 1 fully saturated rings. The Morgan fingerprint density at radius 1 is 1.53 bits per heavy atom. The zero-order valence-corrected chi connectivity index (χ0v) is 11.4. The van der Waals surface area contributed by atoms with E-state index in [-0.39, 0.29) is 12.2 Å². The number of rotatable bonds is 3. The van der Waals surface area contributed by atoms with Gasteiger partial charge in [-0.2, -0.15) is 4.37 Å². The lowest BCUT2D eigenvalue weighted by atomic mass is 10.2. The Labute approximate surface area is 106 Å². The lowest BCUT2D eigenvalue weighted by Gasteiger charge is -2.35. The second-order valence-corrected chi connectivity index (χ2v) is 5.53. The number of hydrogen-bond acceptors (Lipinski definition) is 6. The van der Waals surface area contributed by atoms with E-state index in [0.29, 0.717) is 12.5 Å². The third-order valence-corrected chi connectivity index (χ3v) is 3.60. The lowest BCUT2D eigenvalue weighted by molar-refractivity contribution is -0.0104. The van der Waals surface area contributed by atoms with Gasteiger partial charge in [0.05, 0.1) is 12.2 Å². The molecule has 5 nitrogen and oxygen atoms in total. The standard InChI is InChI=1S/C11H20N4OS/c1-7(2)10-13-11(17-14-10)15-5-8(3)16-9(4-12)6-15/h7-9H,4-6,12H2,1-3H3. The maximum Gasteiger partial charge on any atom is 0.205 e. The van der Waals surface area contributed by atoms with Crippen LogP contribution >= 0.6 is 11.5 Å². The minimum Gasteiger partial charge on any atom is -0.370 e. The molecule has 2 heterocycles. The summed E-state index contributed by atoms with van der Waals surface area (Å²) < 4.78 is 10.1. The first-order chi connectivity index (χ1) is 8.10. The van der Waals surface area contributed by atoms with Crippen molar-refractivity contribution in [1.82, 2.24) is 9.36 Å². The molecular formula is C11H20N4OS. The summed E-state index contributed by atoms with van der Waals surface area (Å²) in [6, 6.07) is 0. The van der Waals surface area contributed by atoms with Gasteiger partial charge in [0.15, 0.2) is 0 Å². The zero-order valence-electron chi connectivity index (χ0n) is 10.6. The molecule has 1 aliphatic heterocycles. The summed E-state index contributed by atoms with van der Waals surface area (Å²) in [6.07, 6.45) is 0.300. The van der Waals surface area contributed by atoms with Crippen molar-refractivity contribution in [3.05, 3.63) is 5.82 Å². The molecule has 2 unspecified atom stereocenters. The first kappa shape index (κ1) is 12.7. The van der Waals surface area contributed by atoms with E-state index in [9.17, 15) is 0 Å². The zero-order chi connectivity index (χ0) is 12.4. The molecule has 1 aromatic rings. The van der Waals surface area contributed by atoms with Crippen molar-refractivity contribution in [2.75, 3.05) is 24.5 Å². The molecule has 2 N–H and O–H groups in total. The molecule has 17 heavy (non-hydrogen) atoms. The van der Waals surface area contributed by atoms with Crippen molar-refractivity contribution in [3.8, 4) is 0 Å². The fraction of sp³-hybridized carbons (Fsp3) is 0.818. The smallest absolute Gasteiger partial charge is 0.205 e. The second-order valence-electron chi connectivity index (χ2n) is 4.80. The van der Waals surface area contributed by atoms with Crippen LogP contribution in [0.3, 0.4) is 0 Å². The number of nitrogens with zero attached hydrogens (tertiary/aromatic N) is 3. The van der Waals surface area contributed by atoms with Gasteiger partial charge < -0.3 is 15.4 Å². The predicted molar refractivity (Wildman–Crippen MR) is 69.6 cm³/mol. The summed E-state index contributed by atoms with van der Waals surface area (Å²) in [6.45, 7) is 8.51. The molecule has 2 atom stereocenters. The first-order valence-corrected chi connectivity index (χ1v) is 6.81. The summed E-state index contributed by atoms with van der Waals surface area (Å²) in [4.78, 5) is 6.80. The van der Waals surface area contributed by atoms with Crippen LogP contribution in [0.4, 0.5) is 5.13 Å². The number of anilines is 1. The van der Waals surface area contributed by atoms with Crippen LogP contribution in [0.25, 0.3) is 0 Å². The van der Waals surface area contributed by atoms with Crippen molar-refractivity contribution in [3.63, 3.8) is 0 Å². The van der Waals surface area contributed by atoms with Crippen LogP contribution in [0.1, 0.15) is 32.5 Å². The fourth-order valence-electron chi connectivity index (χ4n) is 1.92. The summed E-state index contributed by atoms with van der Waals surface area (Å²) in [7, 11) is 0. The molecule has 0 amide bonds. The molecular weight excluding hydrogens is 236 g/mol. The summed E-state index contributed by atoms with van der Waals surface area (Å²) >= 11 is 1.47. The first-order valence-electron chi connectivity index (χ1n) is 6.04. The van der Waals surface area contributed by atoms with Gasteiger partial charge in [0, 0.05) is 37.1 Å². The van der Waals surface area contributed by atoms with E-state index in [0.717, 1.165) is 24.0 Å². The summed E-state index contributed by atoms with van der Waals surface area (Å²) in [5, 5.41) is 0.988. The highest BCUT2D eigenvalue weighted by Gasteiger charge is 2.26. The van der Waals surface area contributed by atoms with Gasteiger partial charge in [-0.15, -0.1) is 0 Å². The van der Waals surface area contributed by atoms with E-state index in [4.69, 9.17) is 10.5 Å². The highest BCUT2D eigenvalue weighted by Crippen LogP contribution is 2.24. The van der Waals surface area contributed by atoms with E-state index >= 15 is 0 Å². The molecule has 1 aliphatic rings. The van der Waals surface area contributed by atoms with Crippen LogP contribution in [0.5, 0.6) is 0 Å². The van der Waals surface area contributed by atoms with Gasteiger partial charge in [-0.1, -0.05) is 13.8 Å². The highest BCUT2D eigenvalue weighted by atomic mass is 32.1. The highest BCUT2D eigenvalue weighted by molar-refractivity contribution is 7.09. The van der Waals surface area contributed by atoms with Gasteiger partial charge in [0.1, 0.15) is 5.82 Å². The van der Waals surface area contributed by atoms with E-state index in [2.05, 4.69) is 35.0 Å². The average molecular weight is 256 g/mol. The van der Waals surface area contributed by atoms with Gasteiger partial charge in [0.2, 0.25) is 5.13 Å². The Kier molecular flexibility index (Phi) is 3.96. The van der Waals surface area contributed by atoms with Crippen molar-refractivity contribution < 1.29 is 4.74 Å². The van der Waals surface area contributed by atoms with Crippen LogP contribution in [0.15, 0.2) is 0 Å². The molecule has 96 valence electrons. The molecule has 0 aromatic carbocycles. The fourth-order valence-corrected chi connectivity index (χ4v) is 2.75. The molecule has 0 spiro atoms. The summed E-state index contributed by atoms with van der Waals surface area (Å²) in [5.41, 5.74) is 5.67. The van der Waals surface area contributed by atoms with Gasteiger partial charge in [-0.05, 0) is 6.92 Å².